The normalized spacial score (nSPS) is 17.7. The van der Waals surface area contributed by atoms with Crippen LogP contribution in [0.4, 0.5) is 11.5 Å². The van der Waals surface area contributed by atoms with Gasteiger partial charge in [0.1, 0.15) is 36.1 Å². The van der Waals surface area contributed by atoms with Crippen LogP contribution in [0.3, 0.4) is 0 Å². The number of halogens is 1. The molecular weight excluding hydrogens is 970 g/mol. The summed E-state index contributed by atoms with van der Waals surface area (Å²) < 4.78 is 22.0. The van der Waals surface area contributed by atoms with Crippen LogP contribution in [0.15, 0.2) is 70.3 Å². The molecule has 0 spiro atoms. The first-order valence-corrected chi connectivity index (χ1v) is 25.9. The van der Waals surface area contributed by atoms with E-state index >= 15 is 0 Å². The first-order chi connectivity index (χ1) is 33.9. The smallest absolute Gasteiger partial charge is 0.250 e. The Morgan fingerprint density at radius 2 is 1.56 bits per heavy atom. The molecule has 2 aliphatic heterocycles. The Labute approximate surface area is 429 Å². The number of hydrogen-bond acceptors (Lipinski definition) is 16. The third kappa shape index (κ3) is 16.4. The van der Waals surface area contributed by atoms with Crippen LogP contribution in [0, 0.1) is 17.8 Å². The van der Waals surface area contributed by atoms with E-state index in [-0.39, 0.29) is 89.1 Å². The van der Waals surface area contributed by atoms with E-state index in [0.717, 1.165) is 58.3 Å². The molecular formula is C50H68ClN9O9S2. The van der Waals surface area contributed by atoms with E-state index in [1.165, 1.54) is 16.7 Å². The minimum Gasteiger partial charge on any atom is -0.391 e. The molecule has 6 rings (SSSR count). The van der Waals surface area contributed by atoms with E-state index in [2.05, 4.69) is 42.7 Å². The number of aliphatic hydroxyl groups is 1. The van der Waals surface area contributed by atoms with Crippen molar-refractivity contribution < 1.29 is 43.2 Å². The molecule has 2 aliphatic rings. The summed E-state index contributed by atoms with van der Waals surface area (Å²) in [4.78, 5) is 72.1. The van der Waals surface area contributed by atoms with Crippen molar-refractivity contribution in [3.63, 3.8) is 0 Å². The van der Waals surface area contributed by atoms with Crippen LogP contribution >= 0.6 is 34.7 Å². The second-order valence-electron chi connectivity index (χ2n) is 19.2. The second-order valence-corrected chi connectivity index (χ2v) is 21.5. The summed E-state index contributed by atoms with van der Waals surface area (Å²) in [6.07, 6.45) is 4.76. The number of ether oxygens (including phenoxy) is 4. The van der Waals surface area contributed by atoms with Crippen molar-refractivity contribution in [1.82, 2.24) is 30.5 Å². The predicted molar refractivity (Wildman–Crippen MR) is 274 cm³/mol. The van der Waals surface area contributed by atoms with Gasteiger partial charge in [-0.25, -0.2) is 15.0 Å². The molecule has 0 aliphatic carbocycles. The average molecular weight is 1040 g/mol. The fourth-order valence-electron chi connectivity index (χ4n) is 8.08. The van der Waals surface area contributed by atoms with Crippen molar-refractivity contribution in [2.45, 2.75) is 95.0 Å². The number of piperidine rings is 1. The minimum atomic E-state index is -0.987. The zero-order valence-electron chi connectivity index (χ0n) is 41.4. The molecule has 6 N–H and O–H groups in total. The third-order valence-corrected chi connectivity index (χ3v) is 14.9. The van der Waals surface area contributed by atoms with Gasteiger partial charge < -0.3 is 55.5 Å². The number of carbonyl (C=O) groups is 4. The van der Waals surface area contributed by atoms with E-state index in [0.29, 0.717) is 22.3 Å². The molecule has 2 saturated heterocycles. The number of thiazole rings is 1. The monoisotopic (exact) mass is 1040 g/mol. The minimum absolute atomic E-state index is 0.0331. The van der Waals surface area contributed by atoms with Crippen molar-refractivity contribution in [3.05, 3.63) is 76.6 Å². The Bertz CT molecular complexity index is 2380. The van der Waals surface area contributed by atoms with Crippen LogP contribution < -0.4 is 26.6 Å². The highest BCUT2D eigenvalue weighted by atomic mass is 35.5. The lowest BCUT2D eigenvalue weighted by Gasteiger charge is -2.39. The van der Waals surface area contributed by atoms with Gasteiger partial charge in [-0.2, -0.15) is 0 Å². The molecule has 0 unspecified atom stereocenters. The number of aromatic nitrogens is 3. The van der Waals surface area contributed by atoms with Crippen LogP contribution in [-0.4, -0.2) is 146 Å². The third-order valence-electron chi connectivity index (χ3n) is 12.5. The predicted octanol–water partition coefficient (Wildman–Crippen LogP) is 5.65. The Morgan fingerprint density at radius 3 is 2.14 bits per heavy atom. The van der Waals surface area contributed by atoms with Crippen LogP contribution in [-0.2, 0) is 38.1 Å². The average Bonchev–Trinajstić information content (AvgIpc) is 3.97. The van der Waals surface area contributed by atoms with Gasteiger partial charge in [0.15, 0.2) is 0 Å². The summed E-state index contributed by atoms with van der Waals surface area (Å²) in [5.74, 6) is -0.841. The Hall–Kier alpha value is -4.77. The maximum absolute atomic E-state index is 14.0. The molecule has 4 aromatic rings. The van der Waals surface area contributed by atoms with Crippen molar-refractivity contribution in [2.75, 3.05) is 89.3 Å². The van der Waals surface area contributed by atoms with Crippen LogP contribution in [0.2, 0.25) is 5.02 Å². The molecule has 4 heterocycles. The number of aliphatic hydroxyl groups excluding tert-OH is 1. The molecule has 0 bridgehead atoms. The SMILES string of the molecule is Cc1ncsc1-c1ccc([C@H](C)NC(=O)[C@@H]2C[C@@H](O)CN2C(=O)[C@@H](NC(=O)COCCOCCOCCOCC(=O)Nc2ccc(Sc3cnc(N4CCC(C)(CN)CC4)cn3)c(Cl)c2)C(C)(C)C)cc1. The maximum Gasteiger partial charge on any atom is 0.250 e. The van der Waals surface area contributed by atoms with Crippen LogP contribution in [0.1, 0.15) is 71.2 Å². The number of anilines is 2. The molecule has 18 nitrogen and oxygen atoms in total. The Kier molecular flexibility index (Phi) is 20.5. The lowest BCUT2D eigenvalue weighted by Crippen LogP contribution is -2.58. The highest BCUT2D eigenvalue weighted by Crippen LogP contribution is 2.36. The van der Waals surface area contributed by atoms with E-state index in [1.807, 2.05) is 70.5 Å². The molecule has 0 radical (unpaired) electrons. The first kappa shape index (κ1) is 55.5. The molecule has 21 heteroatoms. The molecule has 4 amide bonds. The summed E-state index contributed by atoms with van der Waals surface area (Å²) >= 11 is 9.51. The van der Waals surface area contributed by atoms with Gasteiger partial charge in [0, 0.05) is 36.6 Å². The van der Waals surface area contributed by atoms with Crippen molar-refractivity contribution in [1.29, 1.82) is 0 Å². The van der Waals surface area contributed by atoms with E-state index in [9.17, 15) is 24.3 Å². The molecule has 2 aromatic carbocycles. The number of nitrogens with zero attached hydrogens (tertiary/aromatic N) is 5. The molecule has 2 fully saturated rings. The number of β-amino-alcohol motifs (C(OH)–C–C–N with tert-alkyl or cyclic N) is 1. The highest BCUT2D eigenvalue weighted by Gasteiger charge is 2.44. The van der Waals surface area contributed by atoms with Crippen molar-refractivity contribution in [2.24, 2.45) is 16.6 Å². The van der Waals surface area contributed by atoms with Gasteiger partial charge in [0.25, 0.3) is 0 Å². The van der Waals surface area contributed by atoms with Crippen molar-refractivity contribution >= 4 is 69.8 Å². The zero-order chi connectivity index (χ0) is 51.1. The van der Waals surface area contributed by atoms with Gasteiger partial charge in [-0.15, -0.1) is 11.3 Å². The van der Waals surface area contributed by atoms with Gasteiger partial charge in [0.05, 0.1) is 85.3 Å². The fraction of sp³-hybridized carbons (Fsp3) is 0.540. The number of benzene rings is 2. The number of carbonyl (C=O) groups excluding carboxylic acids is 4. The number of hydrogen-bond donors (Lipinski definition) is 5. The van der Waals surface area contributed by atoms with Crippen molar-refractivity contribution in [3.8, 4) is 10.4 Å². The van der Waals surface area contributed by atoms with Crippen LogP contribution in [0.5, 0.6) is 0 Å². The van der Waals surface area contributed by atoms with Gasteiger partial charge in [-0.1, -0.05) is 75.3 Å². The topological polar surface area (TPSA) is 233 Å². The number of nitrogens with one attached hydrogen (secondary N) is 3. The number of nitrogens with two attached hydrogens (primary N) is 1. The number of rotatable bonds is 24. The molecule has 386 valence electrons. The van der Waals surface area contributed by atoms with Gasteiger partial charge in [0.2, 0.25) is 23.6 Å². The first-order valence-electron chi connectivity index (χ1n) is 23.9. The highest BCUT2D eigenvalue weighted by molar-refractivity contribution is 7.99. The zero-order valence-corrected chi connectivity index (χ0v) is 43.8. The number of amides is 4. The fourth-order valence-corrected chi connectivity index (χ4v) is 9.92. The largest absolute Gasteiger partial charge is 0.391 e. The number of aryl methyl sites for hydroxylation is 1. The number of likely N-dealkylation sites (tertiary alicyclic amines) is 1. The summed E-state index contributed by atoms with van der Waals surface area (Å²) in [7, 11) is 0. The summed E-state index contributed by atoms with van der Waals surface area (Å²) in [5, 5.41) is 20.4. The van der Waals surface area contributed by atoms with Gasteiger partial charge in [-0.05, 0) is 73.4 Å². The van der Waals surface area contributed by atoms with Crippen LogP contribution in [0.25, 0.3) is 10.4 Å². The summed E-state index contributed by atoms with van der Waals surface area (Å²) in [5.41, 5.74) is 10.6. The Balaban J connectivity index is 0.808. The Morgan fingerprint density at radius 1 is 0.915 bits per heavy atom. The van der Waals surface area contributed by atoms with E-state index in [4.69, 9.17) is 36.3 Å². The molecule has 4 atom stereocenters. The second kappa shape index (κ2) is 26.3. The van der Waals surface area contributed by atoms with Gasteiger partial charge >= 0.3 is 0 Å². The lowest BCUT2D eigenvalue weighted by atomic mass is 9.80. The summed E-state index contributed by atoms with van der Waals surface area (Å²) in [6, 6.07) is 10.9. The standard InChI is InChI=1S/C50H68ClN9O9S2/c1-32(34-7-9-35(10-8-34)45-33(2)55-31-70-45)56-47(64)39-24-37(61)27-60(39)48(65)46(49(3,4)5)58-43(63)29-69-22-20-67-18-17-66-19-21-68-28-42(62)57-36-11-12-40(38(51)23-36)71-44-26-53-41(25-54-44)59-15-13-50(6,30-52)14-16-59/h7-12,23,25-26,31-32,37,39,46,61H,13-22,24,27-30,52H2,1-6H3,(H,56,64)(H,57,62)(H,58,63)/t32-,37+,39-,46+/m0/s1. The summed E-state index contributed by atoms with van der Waals surface area (Å²) in [6.45, 7) is 14.8. The lowest BCUT2D eigenvalue weighted by molar-refractivity contribution is -0.144. The maximum atomic E-state index is 14.0. The van der Waals surface area contributed by atoms with E-state index < -0.39 is 35.4 Å². The van der Waals surface area contributed by atoms with E-state index in [1.54, 1.807) is 35.9 Å². The molecule has 71 heavy (non-hydrogen) atoms. The molecule has 0 saturated carbocycles. The quantitative estimate of drug-likeness (QED) is 0.0534. The van der Waals surface area contributed by atoms with Gasteiger partial charge in [-0.3, -0.25) is 19.2 Å². The molecule has 2 aromatic heterocycles.